The number of pyridine rings is 1. The molecule has 0 spiro atoms. The average Bonchev–Trinajstić information content (AvgIpc) is 2.37. The summed E-state index contributed by atoms with van der Waals surface area (Å²) in [5.74, 6) is -0.179. The minimum atomic E-state index is -0.179. The zero-order valence-corrected chi connectivity index (χ0v) is 12.1. The molecule has 0 fully saturated rings. The van der Waals surface area contributed by atoms with Gasteiger partial charge in [0.25, 0.3) is 5.91 Å². The highest BCUT2D eigenvalue weighted by Crippen LogP contribution is 2.18. The van der Waals surface area contributed by atoms with Crippen molar-refractivity contribution in [3.63, 3.8) is 0 Å². The number of hydrogen-bond donors (Lipinski definition) is 2. The van der Waals surface area contributed by atoms with Crippen LogP contribution in [0.1, 0.15) is 21.5 Å². The maximum absolute atomic E-state index is 12.0. The maximum Gasteiger partial charge on any atom is 0.253 e. The summed E-state index contributed by atoms with van der Waals surface area (Å²) in [5.41, 5.74) is 8.85. The fraction of sp³-hybridized carbons (Fsp3) is 0.143. The number of anilines is 1. The summed E-state index contributed by atoms with van der Waals surface area (Å²) in [4.78, 5) is 16.1. The zero-order chi connectivity index (χ0) is 13.8. The SMILES string of the molecule is Cc1cnccc1CNC(=O)c1ccc(Br)cc1N. The van der Waals surface area contributed by atoms with Crippen molar-refractivity contribution < 1.29 is 4.79 Å². The molecule has 1 heterocycles. The van der Waals surface area contributed by atoms with E-state index in [0.717, 1.165) is 15.6 Å². The first-order valence-corrected chi connectivity index (χ1v) is 6.60. The Kier molecular flexibility index (Phi) is 4.16. The van der Waals surface area contributed by atoms with E-state index in [1.54, 1.807) is 30.6 Å². The van der Waals surface area contributed by atoms with Crippen molar-refractivity contribution in [3.05, 3.63) is 57.8 Å². The molecule has 2 aromatic rings. The van der Waals surface area contributed by atoms with Crippen LogP contribution in [0.15, 0.2) is 41.1 Å². The maximum atomic E-state index is 12.0. The number of carbonyl (C=O) groups is 1. The number of carbonyl (C=O) groups excluding carboxylic acids is 1. The Labute approximate surface area is 120 Å². The van der Waals surface area contributed by atoms with Crippen LogP contribution < -0.4 is 11.1 Å². The Balaban J connectivity index is 2.08. The third-order valence-electron chi connectivity index (χ3n) is 2.83. The first kappa shape index (κ1) is 13.5. The summed E-state index contributed by atoms with van der Waals surface area (Å²) in [5, 5.41) is 2.85. The molecule has 4 nitrogen and oxygen atoms in total. The molecular weight excluding hydrogens is 306 g/mol. The van der Waals surface area contributed by atoms with Crippen molar-refractivity contribution in [2.75, 3.05) is 5.73 Å². The number of aromatic nitrogens is 1. The number of hydrogen-bond acceptors (Lipinski definition) is 3. The Bertz CT molecular complexity index is 613. The van der Waals surface area contributed by atoms with Crippen LogP contribution in [0.4, 0.5) is 5.69 Å². The Morgan fingerprint density at radius 2 is 2.21 bits per heavy atom. The number of halogens is 1. The number of aryl methyl sites for hydroxylation is 1. The zero-order valence-electron chi connectivity index (χ0n) is 10.5. The van der Waals surface area contributed by atoms with Crippen LogP contribution in [0.3, 0.4) is 0 Å². The van der Waals surface area contributed by atoms with E-state index in [-0.39, 0.29) is 5.91 Å². The summed E-state index contributed by atoms with van der Waals surface area (Å²) in [6.45, 7) is 2.42. The molecule has 0 bridgehead atoms. The molecule has 98 valence electrons. The predicted molar refractivity (Wildman–Crippen MR) is 78.7 cm³/mol. The quantitative estimate of drug-likeness (QED) is 0.855. The van der Waals surface area contributed by atoms with Gasteiger partial charge in [-0.05, 0) is 42.3 Å². The van der Waals surface area contributed by atoms with Gasteiger partial charge >= 0.3 is 0 Å². The lowest BCUT2D eigenvalue weighted by atomic mass is 10.1. The predicted octanol–water partition coefficient (Wildman–Crippen LogP) is 2.66. The molecule has 0 aliphatic heterocycles. The van der Waals surface area contributed by atoms with Crippen LogP contribution in [0.2, 0.25) is 0 Å². The molecule has 0 radical (unpaired) electrons. The van der Waals surface area contributed by atoms with Crippen LogP contribution in [-0.4, -0.2) is 10.9 Å². The van der Waals surface area contributed by atoms with Gasteiger partial charge in [0.1, 0.15) is 0 Å². The standard InChI is InChI=1S/C14H14BrN3O/c1-9-7-17-5-4-10(9)8-18-14(19)12-3-2-11(15)6-13(12)16/h2-7H,8,16H2,1H3,(H,18,19). The van der Waals surface area contributed by atoms with Gasteiger partial charge < -0.3 is 11.1 Å². The summed E-state index contributed by atoms with van der Waals surface area (Å²) in [6, 6.07) is 7.10. The summed E-state index contributed by atoms with van der Waals surface area (Å²) in [6.07, 6.45) is 3.48. The number of amides is 1. The van der Waals surface area contributed by atoms with E-state index in [2.05, 4.69) is 26.2 Å². The minimum Gasteiger partial charge on any atom is -0.398 e. The van der Waals surface area contributed by atoms with E-state index in [4.69, 9.17) is 5.73 Å². The van der Waals surface area contributed by atoms with Crippen molar-refractivity contribution in [2.45, 2.75) is 13.5 Å². The first-order valence-electron chi connectivity index (χ1n) is 5.80. The van der Waals surface area contributed by atoms with E-state index in [1.807, 2.05) is 13.0 Å². The van der Waals surface area contributed by atoms with Gasteiger partial charge in [-0.15, -0.1) is 0 Å². The normalized spacial score (nSPS) is 10.2. The lowest BCUT2D eigenvalue weighted by Crippen LogP contribution is -2.24. The molecule has 1 amide bonds. The summed E-state index contributed by atoms with van der Waals surface area (Å²) >= 11 is 3.31. The van der Waals surface area contributed by atoms with Crippen molar-refractivity contribution >= 4 is 27.5 Å². The number of nitrogen functional groups attached to an aromatic ring is 1. The van der Waals surface area contributed by atoms with Gasteiger partial charge in [0, 0.05) is 29.1 Å². The minimum absolute atomic E-state index is 0.179. The topological polar surface area (TPSA) is 68.0 Å². The molecule has 0 saturated carbocycles. The largest absolute Gasteiger partial charge is 0.398 e. The summed E-state index contributed by atoms with van der Waals surface area (Å²) in [7, 11) is 0. The molecule has 3 N–H and O–H groups in total. The van der Waals surface area contributed by atoms with E-state index >= 15 is 0 Å². The van der Waals surface area contributed by atoms with Gasteiger partial charge in [0.15, 0.2) is 0 Å². The molecule has 19 heavy (non-hydrogen) atoms. The second-order valence-electron chi connectivity index (χ2n) is 4.22. The van der Waals surface area contributed by atoms with Gasteiger partial charge in [0.2, 0.25) is 0 Å². The van der Waals surface area contributed by atoms with Gasteiger partial charge in [-0.3, -0.25) is 9.78 Å². The van der Waals surface area contributed by atoms with Crippen LogP contribution >= 0.6 is 15.9 Å². The number of nitrogens with one attached hydrogen (secondary N) is 1. The fourth-order valence-corrected chi connectivity index (χ4v) is 2.09. The highest BCUT2D eigenvalue weighted by atomic mass is 79.9. The molecule has 1 aromatic carbocycles. The van der Waals surface area contributed by atoms with E-state index < -0.39 is 0 Å². The molecule has 0 unspecified atom stereocenters. The van der Waals surface area contributed by atoms with Crippen LogP contribution in [0, 0.1) is 6.92 Å². The van der Waals surface area contributed by atoms with Gasteiger partial charge in [-0.2, -0.15) is 0 Å². The average molecular weight is 320 g/mol. The third-order valence-corrected chi connectivity index (χ3v) is 3.33. The molecule has 1 aromatic heterocycles. The van der Waals surface area contributed by atoms with Crippen molar-refractivity contribution in [1.29, 1.82) is 0 Å². The molecular formula is C14H14BrN3O. The fourth-order valence-electron chi connectivity index (χ4n) is 1.71. The first-order chi connectivity index (χ1) is 9.08. The second-order valence-corrected chi connectivity index (χ2v) is 5.13. The monoisotopic (exact) mass is 319 g/mol. The van der Waals surface area contributed by atoms with Crippen molar-refractivity contribution in [3.8, 4) is 0 Å². The number of nitrogens with two attached hydrogens (primary N) is 1. The summed E-state index contributed by atoms with van der Waals surface area (Å²) < 4.78 is 0.853. The highest BCUT2D eigenvalue weighted by molar-refractivity contribution is 9.10. The number of rotatable bonds is 3. The Morgan fingerprint density at radius 1 is 1.42 bits per heavy atom. The van der Waals surface area contributed by atoms with E-state index in [1.165, 1.54) is 0 Å². The number of benzene rings is 1. The van der Waals surface area contributed by atoms with Crippen LogP contribution in [0.5, 0.6) is 0 Å². The van der Waals surface area contributed by atoms with Crippen LogP contribution in [-0.2, 0) is 6.54 Å². The van der Waals surface area contributed by atoms with Gasteiger partial charge in [-0.1, -0.05) is 15.9 Å². The molecule has 5 heteroatoms. The van der Waals surface area contributed by atoms with E-state index in [0.29, 0.717) is 17.8 Å². The Morgan fingerprint density at radius 3 is 2.89 bits per heavy atom. The van der Waals surface area contributed by atoms with E-state index in [9.17, 15) is 4.79 Å². The second kappa shape index (κ2) is 5.84. The lowest BCUT2D eigenvalue weighted by Gasteiger charge is -2.09. The van der Waals surface area contributed by atoms with Crippen molar-refractivity contribution in [2.24, 2.45) is 0 Å². The van der Waals surface area contributed by atoms with Crippen molar-refractivity contribution in [1.82, 2.24) is 10.3 Å². The molecule has 2 rings (SSSR count). The molecule has 0 aliphatic rings. The number of nitrogens with zero attached hydrogens (tertiary/aromatic N) is 1. The van der Waals surface area contributed by atoms with Gasteiger partial charge in [0.05, 0.1) is 5.56 Å². The highest BCUT2D eigenvalue weighted by Gasteiger charge is 2.09. The van der Waals surface area contributed by atoms with Gasteiger partial charge in [-0.25, -0.2) is 0 Å². The molecule has 0 atom stereocenters. The van der Waals surface area contributed by atoms with Crippen LogP contribution in [0.25, 0.3) is 0 Å². The third kappa shape index (κ3) is 3.32. The lowest BCUT2D eigenvalue weighted by molar-refractivity contribution is 0.0952. The molecule has 0 saturated heterocycles. The molecule has 0 aliphatic carbocycles. The Hall–Kier alpha value is -1.88. The smallest absolute Gasteiger partial charge is 0.253 e.